The summed E-state index contributed by atoms with van der Waals surface area (Å²) in [6.45, 7) is 14.8. The highest BCUT2D eigenvalue weighted by molar-refractivity contribution is 5.74. The van der Waals surface area contributed by atoms with E-state index in [0.717, 1.165) is 26.0 Å². The minimum absolute atomic E-state index is 0.0903. The first-order chi connectivity index (χ1) is 12.1. The third-order valence-electron chi connectivity index (χ3n) is 2.78. The zero-order valence-corrected chi connectivity index (χ0v) is 17.6. The van der Waals surface area contributed by atoms with E-state index in [9.17, 15) is 9.59 Å². The van der Waals surface area contributed by atoms with Gasteiger partial charge in [0.2, 0.25) is 5.91 Å². The lowest BCUT2D eigenvalue weighted by molar-refractivity contribution is -0.138. The molecule has 0 aliphatic carbocycles. The van der Waals surface area contributed by atoms with Gasteiger partial charge in [0.15, 0.2) is 0 Å². The van der Waals surface area contributed by atoms with E-state index in [1.165, 1.54) is 7.05 Å². The van der Waals surface area contributed by atoms with Crippen molar-refractivity contribution in [3.63, 3.8) is 0 Å². The Balaban J connectivity index is -0.000000140. The van der Waals surface area contributed by atoms with Crippen molar-refractivity contribution in [3.8, 4) is 12.8 Å². The molecule has 0 radical (unpaired) electrons. The first kappa shape index (κ1) is 31.7. The third-order valence-corrected chi connectivity index (χ3v) is 2.78. The number of carbonyl (C=O) groups excluding carboxylic acids is 2. The fourth-order valence-corrected chi connectivity index (χ4v) is 1.67. The number of rotatable bonds is 3. The smallest absolute Gasteiger partial charge is 0.293 e. The second kappa shape index (κ2) is 21.0. The molecule has 4 N–H and O–H groups in total. The molecule has 1 atom stereocenters. The lowest BCUT2D eigenvalue weighted by Gasteiger charge is -2.22. The minimum Gasteiger partial charge on any atom is -0.462 e. The molecule has 1 aliphatic heterocycles. The Kier molecular flexibility index (Phi) is 25.6. The summed E-state index contributed by atoms with van der Waals surface area (Å²) in [7, 11) is 3.18. The van der Waals surface area contributed by atoms with E-state index in [4.69, 9.17) is 5.73 Å². The number of carbonyl (C=O) groups is 2. The van der Waals surface area contributed by atoms with Crippen LogP contribution in [0.3, 0.4) is 0 Å². The molecule has 1 rings (SSSR count). The summed E-state index contributed by atoms with van der Waals surface area (Å²) >= 11 is 0. The molecule has 1 heterocycles. The van der Waals surface area contributed by atoms with Crippen molar-refractivity contribution in [1.82, 2.24) is 4.90 Å². The minimum atomic E-state index is -0.318. The van der Waals surface area contributed by atoms with E-state index < -0.39 is 0 Å². The number of hydrogen-bond acceptors (Lipinski definition) is 6. The van der Waals surface area contributed by atoms with Gasteiger partial charge in [0, 0.05) is 32.9 Å². The number of hydrogen-bond donors (Lipinski definition) is 2. The van der Waals surface area contributed by atoms with Crippen LogP contribution in [0.1, 0.15) is 47.5 Å². The molecule has 1 saturated heterocycles. The van der Waals surface area contributed by atoms with Gasteiger partial charge in [-0.2, -0.15) is 0 Å². The number of amides is 1. The highest BCUT2D eigenvalue weighted by atomic mass is 16.5. The Labute approximate surface area is 160 Å². The summed E-state index contributed by atoms with van der Waals surface area (Å²) in [6, 6.07) is 0.0903. The van der Waals surface area contributed by atoms with Crippen LogP contribution in [0.5, 0.6) is 0 Å². The van der Waals surface area contributed by atoms with Crippen LogP contribution >= 0.6 is 0 Å². The fraction of sp³-hybridized carbons (Fsp3) is 0.684. The molecule has 154 valence electrons. The van der Waals surface area contributed by atoms with Crippen LogP contribution in [0.4, 0.5) is 0 Å². The van der Waals surface area contributed by atoms with Crippen LogP contribution in [-0.2, 0) is 19.1 Å². The van der Waals surface area contributed by atoms with Crippen LogP contribution in [0.2, 0.25) is 0 Å². The van der Waals surface area contributed by atoms with Gasteiger partial charge in [-0.1, -0.05) is 6.58 Å². The second-order valence-electron chi connectivity index (χ2n) is 5.85. The van der Waals surface area contributed by atoms with Gasteiger partial charge in [-0.25, -0.2) is 0 Å². The van der Waals surface area contributed by atoms with E-state index in [2.05, 4.69) is 34.6 Å². The standard InChI is InChI=1S/C8H14N2O.C5H10O2.C3H8O.C2H2.CH5N/c1-6(9)8-4-3-5-10(8)7(2)11;1-5(2,3)7-4-6;1-3-4-2;2*1-2/h8H,1,3-5,9H2,2H3;4H,1-3H3;3H2,1-2H3;1-2H;2H2,1H3/t8-;;;;/m0..../s1. The van der Waals surface area contributed by atoms with Gasteiger partial charge in [0.05, 0.1) is 6.04 Å². The summed E-state index contributed by atoms with van der Waals surface area (Å²) in [5, 5.41) is 0. The van der Waals surface area contributed by atoms with Crippen molar-refractivity contribution >= 4 is 12.4 Å². The second-order valence-corrected chi connectivity index (χ2v) is 5.85. The Morgan fingerprint density at radius 2 is 1.77 bits per heavy atom. The molecule has 1 amide bonds. The van der Waals surface area contributed by atoms with E-state index in [1.54, 1.807) is 18.9 Å². The molecular formula is C19H39N3O4. The predicted octanol–water partition coefficient (Wildman–Crippen LogP) is 1.90. The quantitative estimate of drug-likeness (QED) is 0.578. The first-order valence-corrected chi connectivity index (χ1v) is 8.33. The summed E-state index contributed by atoms with van der Waals surface area (Å²) in [4.78, 5) is 22.4. The maximum atomic E-state index is 11.0. The molecule has 7 nitrogen and oxygen atoms in total. The zero-order valence-electron chi connectivity index (χ0n) is 17.6. The van der Waals surface area contributed by atoms with Crippen LogP contribution in [0.15, 0.2) is 12.3 Å². The zero-order chi connectivity index (χ0) is 21.8. The summed E-state index contributed by atoms with van der Waals surface area (Å²) < 4.78 is 9.09. The Morgan fingerprint density at radius 3 is 1.92 bits per heavy atom. The van der Waals surface area contributed by atoms with Crippen molar-refractivity contribution in [2.24, 2.45) is 11.5 Å². The number of terminal acetylenes is 1. The van der Waals surface area contributed by atoms with Gasteiger partial charge in [-0.15, -0.1) is 12.8 Å². The third kappa shape index (κ3) is 22.0. The highest BCUT2D eigenvalue weighted by Gasteiger charge is 2.26. The van der Waals surface area contributed by atoms with Crippen molar-refractivity contribution in [1.29, 1.82) is 0 Å². The number of methoxy groups -OCH3 is 1. The van der Waals surface area contributed by atoms with Gasteiger partial charge in [0.25, 0.3) is 6.47 Å². The van der Waals surface area contributed by atoms with E-state index in [1.807, 2.05) is 27.7 Å². The van der Waals surface area contributed by atoms with Gasteiger partial charge in [0.1, 0.15) is 5.60 Å². The average molecular weight is 374 g/mol. The molecule has 0 spiro atoms. The van der Waals surface area contributed by atoms with Gasteiger partial charge >= 0.3 is 0 Å². The predicted molar refractivity (Wildman–Crippen MR) is 108 cm³/mol. The monoisotopic (exact) mass is 373 g/mol. The van der Waals surface area contributed by atoms with Crippen LogP contribution in [0.25, 0.3) is 0 Å². The number of likely N-dealkylation sites (tertiary alicyclic amines) is 1. The van der Waals surface area contributed by atoms with E-state index in [0.29, 0.717) is 12.2 Å². The summed E-state index contributed by atoms with van der Waals surface area (Å²) in [5.41, 5.74) is 10.3. The van der Waals surface area contributed by atoms with Crippen molar-refractivity contribution in [2.45, 2.75) is 59.1 Å². The molecule has 0 saturated carbocycles. The van der Waals surface area contributed by atoms with Crippen LogP contribution in [-0.4, -0.2) is 56.2 Å². The molecule has 1 fully saturated rings. The normalized spacial score (nSPS) is 14.4. The molecule has 0 unspecified atom stereocenters. The Morgan fingerprint density at radius 1 is 1.35 bits per heavy atom. The SMILES string of the molecule is C#C.C=C(N)[C@@H]1CCCN1C(C)=O.CC(C)(C)OC=O.CCOC.CN. The van der Waals surface area contributed by atoms with Crippen molar-refractivity contribution in [2.75, 3.05) is 27.3 Å². The van der Waals surface area contributed by atoms with E-state index in [-0.39, 0.29) is 17.6 Å². The average Bonchev–Trinajstić information content (AvgIpc) is 3.08. The molecule has 1 aliphatic rings. The maximum absolute atomic E-state index is 11.0. The van der Waals surface area contributed by atoms with E-state index >= 15 is 0 Å². The molecule has 26 heavy (non-hydrogen) atoms. The topological polar surface area (TPSA) is 108 Å². The molecule has 0 aromatic heterocycles. The largest absolute Gasteiger partial charge is 0.462 e. The van der Waals surface area contributed by atoms with Crippen LogP contribution in [0, 0.1) is 12.8 Å². The fourth-order valence-electron chi connectivity index (χ4n) is 1.67. The highest BCUT2D eigenvalue weighted by Crippen LogP contribution is 2.19. The molecule has 0 aromatic carbocycles. The Bertz CT molecular complexity index is 355. The number of nitrogens with two attached hydrogens (primary N) is 2. The lowest BCUT2D eigenvalue weighted by Crippen LogP contribution is -2.36. The van der Waals surface area contributed by atoms with Gasteiger partial charge in [-0.3, -0.25) is 9.59 Å². The van der Waals surface area contributed by atoms with Crippen LogP contribution < -0.4 is 11.5 Å². The molecular weight excluding hydrogens is 334 g/mol. The number of ether oxygens (including phenoxy) is 2. The van der Waals surface area contributed by atoms with Gasteiger partial charge in [-0.05, 0) is 47.6 Å². The lowest BCUT2D eigenvalue weighted by atomic mass is 10.2. The molecule has 0 bridgehead atoms. The summed E-state index contributed by atoms with van der Waals surface area (Å²) in [6.07, 6.45) is 10.0. The van der Waals surface area contributed by atoms with Crippen molar-refractivity contribution < 1.29 is 19.1 Å². The molecule has 0 aromatic rings. The number of nitrogens with zero attached hydrogens (tertiary/aromatic N) is 1. The van der Waals surface area contributed by atoms with Gasteiger partial charge < -0.3 is 25.8 Å². The van der Waals surface area contributed by atoms with Crippen molar-refractivity contribution in [3.05, 3.63) is 12.3 Å². The Hall–Kier alpha value is -2.04. The maximum Gasteiger partial charge on any atom is 0.293 e. The molecule has 7 heteroatoms. The first-order valence-electron chi connectivity index (χ1n) is 8.33. The summed E-state index contributed by atoms with van der Waals surface area (Å²) in [5.74, 6) is 0.0964.